The van der Waals surface area contributed by atoms with Crippen LogP contribution in [-0.2, 0) is 4.74 Å². The Morgan fingerprint density at radius 2 is 2.26 bits per heavy atom. The van der Waals surface area contributed by atoms with Gasteiger partial charge in [0.25, 0.3) is 6.01 Å². The SMILES string of the molecule is Cl.Cl.NCC1CN(c2nc3ncccc3o2)CCO1. The lowest BCUT2D eigenvalue weighted by Gasteiger charge is -2.30. The van der Waals surface area contributed by atoms with Gasteiger partial charge in [-0.05, 0) is 12.1 Å². The van der Waals surface area contributed by atoms with Crippen LogP contribution in [0.4, 0.5) is 6.01 Å². The van der Waals surface area contributed by atoms with Gasteiger partial charge < -0.3 is 19.8 Å². The Hall–Kier alpha value is -1.08. The number of hydrogen-bond donors (Lipinski definition) is 1. The molecule has 6 nitrogen and oxygen atoms in total. The fraction of sp³-hybridized carbons (Fsp3) is 0.455. The van der Waals surface area contributed by atoms with Crippen LogP contribution in [0.15, 0.2) is 22.7 Å². The van der Waals surface area contributed by atoms with E-state index in [1.54, 1.807) is 6.20 Å². The summed E-state index contributed by atoms with van der Waals surface area (Å²) >= 11 is 0. The van der Waals surface area contributed by atoms with Gasteiger partial charge in [-0.3, -0.25) is 0 Å². The van der Waals surface area contributed by atoms with Crippen molar-refractivity contribution in [3.63, 3.8) is 0 Å². The van der Waals surface area contributed by atoms with Crippen molar-refractivity contribution in [1.29, 1.82) is 0 Å². The van der Waals surface area contributed by atoms with Crippen molar-refractivity contribution in [1.82, 2.24) is 9.97 Å². The molecule has 2 N–H and O–H groups in total. The van der Waals surface area contributed by atoms with E-state index in [1.165, 1.54) is 0 Å². The van der Waals surface area contributed by atoms with E-state index < -0.39 is 0 Å². The Kier molecular flexibility index (Phi) is 5.81. The molecule has 1 saturated heterocycles. The number of aromatic nitrogens is 2. The highest BCUT2D eigenvalue weighted by molar-refractivity contribution is 5.85. The van der Waals surface area contributed by atoms with Gasteiger partial charge in [-0.2, -0.15) is 4.98 Å². The summed E-state index contributed by atoms with van der Waals surface area (Å²) in [5.41, 5.74) is 6.95. The number of morpholine rings is 1. The van der Waals surface area contributed by atoms with E-state index in [4.69, 9.17) is 14.9 Å². The highest BCUT2D eigenvalue weighted by Gasteiger charge is 2.23. The molecule has 0 aliphatic carbocycles. The van der Waals surface area contributed by atoms with Crippen molar-refractivity contribution in [3.05, 3.63) is 18.3 Å². The molecule has 0 aromatic carbocycles. The van der Waals surface area contributed by atoms with Crippen LogP contribution in [0.25, 0.3) is 11.2 Å². The normalized spacial score (nSPS) is 18.8. The van der Waals surface area contributed by atoms with Gasteiger partial charge in [0.05, 0.1) is 12.7 Å². The van der Waals surface area contributed by atoms with E-state index in [2.05, 4.69) is 9.97 Å². The van der Waals surface area contributed by atoms with Gasteiger partial charge in [-0.15, -0.1) is 24.8 Å². The lowest BCUT2D eigenvalue weighted by atomic mass is 10.3. The highest BCUT2D eigenvalue weighted by atomic mass is 35.5. The summed E-state index contributed by atoms with van der Waals surface area (Å²) in [6, 6.07) is 4.29. The van der Waals surface area contributed by atoms with Crippen molar-refractivity contribution in [2.45, 2.75) is 6.10 Å². The van der Waals surface area contributed by atoms with Crippen molar-refractivity contribution in [3.8, 4) is 0 Å². The lowest BCUT2D eigenvalue weighted by molar-refractivity contribution is 0.0449. The molecule has 0 spiro atoms. The molecule has 8 heteroatoms. The number of pyridine rings is 1. The maximum atomic E-state index is 5.66. The maximum Gasteiger partial charge on any atom is 0.300 e. The Morgan fingerprint density at radius 3 is 3.00 bits per heavy atom. The van der Waals surface area contributed by atoms with Crippen LogP contribution in [0.1, 0.15) is 0 Å². The van der Waals surface area contributed by atoms with Gasteiger partial charge in [0.2, 0.25) is 5.65 Å². The minimum Gasteiger partial charge on any atom is -0.422 e. The zero-order valence-corrected chi connectivity index (χ0v) is 11.8. The number of rotatable bonds is 2. The molecule has 3 heterocycles. The van der Waals surface area contributed by atoms with E-state index >= 15 is 0 Å². The highest BCUT2D eigenvalue weighted by Crippen LogP contribution is 2.21. The first-order valence-corrected chi connectivity index (χ1v) is 5.65. The van der Waals surface area contributed by atoms with Gasteiger partial charge in [-0.25, -0.2) is 4.98 Å². The van der Waals surface area contributed by atoms with E-state index in [9.17, 15) is 0 Å². The molecule has 2 aromatic heterocycles. The number of nitrogens with two attached hydrogens (primary N) is 1. The van der Waals surface area contributed by atoms with Gasteiger partial charge in [0.1, 0.15) is 0 Å². The smallest absolute Gasteiger partial charge is 0.300 e. The van der Waals surface area contributed by atoms with E-state index in [1.807, 2.05) is 17.0 Å². The molecule has 1 aliphatic rings. The van der Waals surface area contributed by atoms with Crippen molar-refractivity contribution in [2.75, 3.05) is 31.1 Å². The first kappa shape index (κ1) is 16.0. The molecule has 2 aromatic rings. The minimum atomic E-state index is 0. The maximum absolute atomic E-state index is 5.66. The predicted molar refractivity (Wildman–Crippen MR) is 77.3 cm³/mol. The third-order valence-corrected chi connectivity index (χ3v) is 2.83. The molecule has 1 atom stereocenters. The van der Waals surface area contributed by atoms with Gasteiger partial charge in [0, 0.05) is 25.8 Å². The Balaban J connectivity index is 0.000000902. The fourth-order valence-electron chi connectivity index (χ4n) is 1.93. The number of halogens is 2. The molecule has 1 unspecified atom stereocenters. The molecular formula is C11H16Cl2N4O2. The first-order chi connectivity index (χ1) is 8.36. The number of anilines is 1. The predicted octanol–water partition coefficient (Wildman–Crippen LogP) is 1.23. The summed E-state index contributed by atoms with van der Waals surface area (Å²) in [6.07, 6.45) is 1.75. The summed E-state index contributed by atoms with van der Waals surface area (Å²) < 4.78 is 11.2. The second kappa shape index (κ2) is 6.91. The third kappa shape index (κ3) is 3.27. The van der Waals surface area contributed by atoms with Crippen LogP contribution in [0.2, 0.25) is 0 Å². The van der Waals surface area contributed by atoms with Crippen molar-refractivity contribution < 1.29 is 9.15 Å². The summed E-state index contributed by atoms with van der Waals surface area (Å²) in [7, 11) is 0. The topological polar surface area (TPSA) is 77.4 Å². The fourth-order valence-corrected chi connectivity index (χ4v) is 1.93. The number of fused-ring (bicyclic) bond motifs is 1. The van der Waals surface area contributed by atoms with Gasteiger partial charge in [-0.1, -0.05) is 0 Å². The molecule has 0 saturated carbocycles. The van der Waals surface area contributed by atoms with E-state index in [0.717, 1.165) is 6.54 Å². The number of ether oxygens (including phenoxy) is 1. The average molecular weight is 307 g/mol. The molecule has 106 valence electrons. The van der Waals surface area contributed by atoms with Crippen LogP contribution < -0.4 is 10.6 Å². The second-order valence-corrected chi connectivity index (χ2v) is 4.00. The van der Waals surface area contributed by atoms with Crippen molar-refractivity contribution >= 4 is 42.1 Å². The average Bonchev–Trinajstić information content (AvgIpc) is 2.82. The number of nitrogens with zero attached hydrogens (tertiary/aromatic N) is 3. The Morgan fingerprint density at radius 1 is 1.42 bits per heavy atom. The largest absolute Gasteiger partial charge is 0.422 e. The van der Waals surface area contributed by atoms with E-state index in [0.29, 0.717) is 36.9 Å². The van der Waals surface area contributed by atoms with Crippen LogP contribution in [0, 0.1) is 0 Å². The summed E-state index contributed by atoms with van der Waals surface area (Å²) in [6.45, 7) is 2.63. The molecule has 1 fully saturated rings. The first-order valence-electron chi connectivity index (χ1n) is 5.65. The van der Waals surface area contributed by atoms with E-state index in [-0.39, 0.29) is 30.9 Å². The minimum absolute atomic E-state index is 0. The van der Waals surface area contributed by atoms with Crippen LogP contribution in [0.5, 0.6) is 0 Å². The molecule has 1 aliphatic heterocycles. The van der Waals surface area contributed by atoms with Crippen molar-refractivity contribution in [2.24, 2.45) is 5.73 Å². The lowest BCUT2D eigenvalue weighted by Crippen LogP contribution is -2.45. The Bertz CT molecular complexity index is 489. The summed E-state index contributed by atoms with van der Waals surface area (Å²) in [5, 5.41) is 0. The molecular weight excluding hydrogens is 291 g/mol. The zero-order valence-electron chi connectivity index (χ0n) is 10.2. The monoisotopic (exact) mass is 306 g/mol. The molecule has 0 amide bonds. The summed E-state index contributed by atoms with van der Waals surface area (Å²) in [5.74, 6) is 0. The van der Waals surface area contributed by atoms with Crippen LogP contribution in [0.3, 0.4) is 0 Å². The van der Waals surface area contributed by atoms with Gasteiger partial charge in [0.15, 0.2) is 5.58 Å². The third-order valence-electron chi connectivity index (χ3n) is 2.83. The molecule has 3 rings (SSSR count). The summed E-state index contributed by atoms with van der Waals surface area (Å²) in [4.78, 5) is 10.5. The molecule has 0 bridgehead atoms. The number of oxazole rings is 1. The number of hydrogen-bond acceptors (Lipinski definition) is 6. The molecule has 19 heavy (non-hydrogen) atoms. The van der Waals surface area contributed by atoms with Crippen LogP contribution in [-0.4, -0.2) is 42.3 Å². The standard InChI is InChI=1S/C11H14N4O2.2ClH/c12-6-8-7-15(4-5-16-8)11-14-10-9(17-11)2-1-3-13-10;;/h1-3,8H,4-7,12H2;2*1H. The molecule has 0 radical (unpaired) electrons. The Labute approximate surface area is 123 Å². The zero-order chi connectivity index (χ0) is 11.7. The second-order valence-electron chi connectivity index (χ2n) is 4.00. The van der Waals surface area contributed by atoms with Crippen LogP contribution >= 0.6 is 24.8 Å². The quantitative estimate of drug-likeness (QED) is 0.899. The van der Waals surface area contributed by atoms with Gasteiger partial charge >= 0.3 is 0 Å².